The third kappa shape index (κ3) is 8.95. The topological polar surface area (TPSA) is 76.7 Å². The van der Waals surface area contributed by atoms with E-state index in [0.29, 0.717) is 13.2 Å². The molecule has 0 radical (unpaired) electrons. The fourth-order valence-electron chi connectivity index (χ4n) is 1.14. The van der Waals surface area contributed by atoms with Crippen molar-refractivity contribution in [2.24, 2.45) is 0 Å². The summed E-state index contributed by atoms with van der Waals surface area (Å²) in [6.07, 6.45) is 0. The van der Waals surface area contributed by atoms with E-state index in [-0.39, 0.29) is 18.4 Å². The van der Waals surface area contributed by atoms with Gasteiger partial charge in [0.15, 0.2) is 0 Å². The Kier molecular flexibility index (Phi) is 7.54. The van der Waals surface area contributed by atoms with Gasteiger partial charge in [-0.15, -0.1) is 0 Å². The molecule has 0 aliphatic carbocycles. The second-order valence-electron chi connectivity index (χ2n) is 4.97. The molecule has 0 heterocycles. The second kappa shape index (κ2) is 8.05. The molecule has 0 aromatic carbocycles. The number of carbonyl (C=O) groups excluding carboxylic acids is 2. The molecule has 18 heavy (non-hydrogen) atoms. The summed E-state index contributed by atoms with van der Waals surface area (Å²) in [5.74, 6) is -0.547. The van der Waals surface area contributed by atoms with Crippen molar-refractivity contribution < 1.29 is 19.1 Å². The van der Waals surface area contributed by atoms with Crippen molar-refractivity contribution in [1.82, 2.24) is 10.6 Å². The summed E-state index contributed by atoms with van der Waals surface area (Å²) in [6, 6.07) is -0.450. The molecule has 106 valence electrons. The number of hydrogen-bond donors (Lipinski definition) is 2. The number of rotatable bonds is 7. The van der Waals surface area contributed by atoms with Gasteiger partial charge in [-0.05, 0) is 27.7 Å². The zero-order valence-electron chi connectivity index (χ0n) is 11.8. The Bertz CT molecular complexity index is 274. The van der Waals surface area contributed by atoms with Gasteiger partial charge in [-0.2, -0.15) is 0 Å². The first-order valence-corrected chi connectivity index (χ1v) is 5.98. The van der Waals surface area contributed by atoms with E-state index < -0.39 is 11.6 Å². The van der Waals surface area contributed by atoms with E-state index in [1.165, 1.54) is 0 Å². The third-order valence-corrected chi connectivity index (χ3v) is 1.97. The molecular formula is C12H24N2O4. The van der Waals surface area contributed by atoms with E-state index in [2.05, 4.69) is 10.6 Å². The lowest BCUT2D eigenvalue weighted by atomic mass is 10.2. The molecule has 0 fully saturated rings. The molecule has 0 spiro atoms. The van der Waals surface area contributed by atoms with Crippen molar-refractivity contribution >= 4 is 11.9 Å². The third-order valence-electron chi connectivity index (χ3n) is 1.97. The molecule has 1 unspecified atom stereocenters. The highest BCUT2D eigenvalue weighted by Gasteiger charge is 2.18. The standard InChI is InChI=1S/C12H24N2O4/c1-9(11(16)13-6-7-17-5)14-8-10(15)18-12(2,3)4/h9,14H,6-8H2,1-5H3,(H,13,16). The number of carbonyl (C=O) groups is 2. The zero-order valence-corrected chi connectivity index (χ0v) is 11.8. The molecule has 0 saturated carbocycles. The van der Waals surface area contributed by atoms with Gasteiger partial charge in [-0.1, -0.05) is 0 Å². The van der Waals surface area contributed by atoms with Crippen molar-refractivity contribution in [3.63, 3.8) is 0 Å². The smallest absolute Gasteiger partial charge is 0.320 e. The molecule has 0 saturated heterocycles. The van der Waals surface area contributed by atoms with Crippen LogP contribution in [0.1, 0.15) is 27.7 Å². The molecule has 6 heteroatoms. The van der Waals surface area contributed by atoms with Gasteiger partial charge in [-0.3, -0.25) is 14.9 Å². The van der Waals surface area contributed by atoms with Gasteiger partial charge < -0.3 is 14.8 Å². The van der Waals surface area contributed by atoms with Crippen molar-refractivity contribution in [1.29, 1.82) is 0 Å². The van der Waals surface area contributed by atoms with Crippen LogP contribution < -0.4 is 10.6 Å². The number of ether oxygens (including phenoxy) is 2. The molecule has 1 atom stereocenters. The summed E-state index contributed by atoms with van der Waals surface area (Å²) in [6.45, 7) is 8.00. The monoisotopic (exact) mass is 260 g/mol. The van der Waals surface area contributed by atoms with Crippen LogP contribution >= 0.6 is 0 Å². The van der Waals surface area contributed by atoms with E-state index in [9.17, 15) is 9.59 Å². The summed E-state index contributed by atoms with van der Waals surface area (Å²) in [7, 11) is 1.57. The lowest BCUT2D eigenvalue weighted by molar-refractivity contribution is -0.153. The number of nitrogens with one attached hydrogen (secondary N) is 2. The Hall–Kier alpha value is -1.14. The van der Waals surface area contributed by atoms with Gasteiger partial charge in [0.25, 0.3) is 0 Å². The van der Waals surface area contributed by atoms with Crippen LogP contribution in [0.4, 0.5) is 0 Å². The molecule has 0 aliphatic rings. The quantitative estimate of drug-likeness (QED) is 0.500. The van der Waals surface area contributed by atoms with Gasteiger partial charge in [-0.25, -0.2) is 0 Å². The van der Waals surface area contributed by atoms with Crippen LogP contribution in [0.2, 0.25) is 0 Å². The minimum Gasteiger partial charge on any atom is -0.459 e. The Morgan fingerprint density at radius 3 is 2.39 bits per heavy atom. The van der Waals surface area contributed by atoms with Crippen molar-refractivity contribution in [3.05, 3.63) is 0 Å². The van der Waals surface area contributed by atoms with Gasteiger partial charge in [0.1, 0.15) is 5.60 Å². The first kappa shape index (κ1) is 16.9. The summed E-state index contributed by atoms with van der Waals surface area (Å²) in [5, 5.41) is 5.48. The maximum Gasteiger partial charge on any atom is 0.320 e. The minimum absolute atomic E-state index is 0.0101. The summed E-state index contributed by atoms with van der Waals surface area (Å²) < 4.78 is 9.93. The highest BCUT2D eigenvalue weighted by molar-refractivity contribution is 5.82. The van der Waals surface area contributed by atoms with E-state index in [0.717, 1.165) is 0 Å². The number of esters is 1. The molecule has 6 nitrogen and oxygen atoms in total. The maximum atomic E-state index is 11.5. The van der Waals surface area contributed by atoms with Gasteiger partial charge in [0.2, 0.25) is 5.91 Å². The molecule has 1 amide bonds. The summed E-state index contributed by atoms with van der Waals surface area (Å²) >= 11 is 0. The highest BCUT2D eigenvalue weighted by Crippen LogP contribution is 2.06. The normalized spacial score (nSPS) is 12.9. The SMILES string of the molecule is COCCNC(=O)C(C)NCC(=O)OC(C)(C)C. The fourth-order valence-corrected chi connectivity index (χ4v) is 1.14. The van der Waals surface area contributed by atoms with Crippen molar-refractivity contribution in [2.75, 3.05) is 26.8 Å². The highest BCUT2D eigenvalue weighted by atomic mass is 16.6. The number of hydrogen-bond acceptors (Lipinski definition) is 5. The second-order valence-corrected chi connectivity index (χ2v) is 4.97. The lowest BCUT2D eigenvalue weighted by Gasteiger charge is -2.20. The van der Waals surface area contributed by atoms with E-state index in [1.807, 2.05) is 0 Å². The van der Waals surface area contributed by atoms with E-state index in [4.69, 9.17) is 9.47 Å². The van der Waals surface area contributed by atoms with E-state index >= 15 is 0 Å². The molecule has 2 N–H and O–H groups in total. The largest absolute Gasteiger partial charge is 0.459 e. The minimum atomic E-state index is -0.511. The predicted molar refractivity (Wildman–Crippen MR) is 68.2 cm³/mol. The van der Waals surface area contributed by atoms with Crippen LogP contribution in [0.3, 0.4) is 0 Å². The molecule has 0 rings (SSSR count). The Balaban J connectivity index is 3.84. The zero-order chi connectivity index (χ0) is 14.2. The van der Waals surface area contributed by atoms with Crippen LogP contribution in [0.25, 0.3) is 0 Å². The van der Waals surface area contributed by atoms with Crippen LogP contribution in [-0.2, 0) is 19.1 Å². The molecule has 0 aromatic heterocycles. The van der Waals surface area contributed by atoms with E-state index in [1.54, 1.807) is 34.8 Å². The molecular weight excluding hydrogens is 236 g/mol. The van der Waals surface area contributed by atoms with Crippen LogP contribution in [0.5, 0.6) is 0 Å². The number of amides is 1. The summed E-state index contributed by atoms with van der Waals surface area (Å²) in [5.41, 5.74) is -0.511. The fraction of sp³-hybridized carbons (Fsp3) is 0.833. The predicted octanol–water partition coefficient (Wildman–Crippen LogP) is 0.0688. The Morgan fingerprint density at radius 2 is 1.89 bits per heavy atom. The lowest BCUT2D eigenvalue weighted by Crippen LogP contribution is -2.45. The summed E-state index contributed by atoms with van der Waals surface area (Å²) in [4.78, 5) is 22.9. The average molecular weight is 260 g/mol. The molecule has 0 aromatic rings. The first-order valence-electron chi connectivity index (χ1n) is 5.98. The molecule has 0 bridgehead atoms. The van der Waals surface area contributed by atoms with Crippen molar-refractivity contribution in [2.45, 2.75) is 39.3 Å². The molecule has 0 aliphatic heterocycles. The Labute approximate surface area is 108 Å². The van der Waals surface area contributed by atoms with Crippen LogP contribution in [-0.4, -0.2) is 50.3 Å². The van der Waals surface area contributed by atoms with Gasteiger partial charge in [0.05, 0.1) is 19.2 Å². The van der Waals surface area contributed by atoms with Crippen LogP contribution in [0, 0.1) is 0 Å². The van der Waals surface area contributed by atoms with Crippen molar-refractivity contribution in [3.8, 4) is 0 Å². The van der Waals surface area contributed by atoms with Gasteiger partial charge in [0, 0.05) is 13.7 Å². The first-order chi connectivity index (χ1) is 8.26. The van der Waals surface area contributed by atoms with Crippen LogP contribution in [0.15, 0.2) is 0 Å². The maximum absolute atomic E-state index is 11.5. The Morgan fingerprint density at radius 1 is 1.28 bits per heavy atom. The van der Waals surface area contributed by atoms with Gasteiger partial charge >= 0.3 is 5.97 Å². The number of methoxy groups -OCH3 is 1. The average Bonchev–Trinajstić information content (AvgIpc) is 2.23.